The molecule has 1 rings (SSSR count). The predicted molar refractivity (Wildman–Crippen MR) is 66.9 cm³/mol. The maximum Gasteiger partial charge on any atom is 0.218 e. The highest BCUT2D eigenvalue weighted by Gasteiger charge is 2.36. The molecule has 1 aliphatic rings. The fourth-order valence-electron chi connectivity index (χ4n) is 2.24. The van der Waals surface area contributed by atoms with Crippen molar-refractivity contribution in [2.45, 2.75) is 51.3 Å². The lowest BCUT2D eigenvalue weighted by Crippen LogP contribution is -2.44. The van der Waals surface area contributed by atoms with E-state index in [4.69, 9.17) is 0 Å². The molecule has 96 valence electrons. The Hall–Kier alpha value is -0.130. The molecule has 0 aromatic rings. The van der Waals surface area contributed by atoms with Crippen molar-refractivity contribution in [3.63, 3.8) is 0 Å². The van der Waals surface area contributed by atoms with Gasteiger partial charge in [-0.2, -0.15) is 4.31 Å². The number of nitrogens with zero attached hydrogens (tertiary/aromatic N) is 1. The van der Waals surface area contributed by atoms with Gasteiger partial charge in [0.15, 0.2) is 0 Å². The van der Waals surface area contributed by atoms with Gasteiger partial charge in [0.05, 0.1) is 5.25 Å². The number of rotatable bonds is 6. The minimum Gasteiger partial charge on any atom is -0.316 e. The van der Waals surface area contributed by atoms with Gasteiger partial charge in [0, 0.05) is 19.1 Å². The molecule has 0 aliphatic carbocycles. The van der Waals surface area contributed by atoms with E-state index in [0.29, 0.717) is 13.1 Å². The molecule has 1 aliphatic heterocycles. The molecule has 0 aromatic carbocycles. The summed E-state index contributed by atoms with van der Waals surface area (Å²) in [6.45, 7) is 7.92. The van der Waals surface area contributed by atoms with Gasteiger partial charge < -0.3 is 5.32 Å². The molecule has 2 atom stereocenters. The average molecular weight is 248 g/mol. The minimum absolute atomic E-state index is 0.231. The van der Waals surface area contributed by atoms with E-state index in [1.165, 1.54) is 0 Å². The highest BCUT2D eigenvalue weighted by Crippen LogP contribution is 2.25. The molecule has 2 unspecified atom stereocenters. The highest BCUT2D eigenvalue weighted by molar-refractivity contribution is 7.89. The maximum absolute atomic E-state index is 12.3. The van der Waals surface area contributed by atoms with E-state index in [1.54, 1.807) is 11.2 Å². The molecule has 1 saturated heterocycles. The zero-order valence-corrected chi connectivity index (χ0v) is 11.4. The Kier molecular flexibility index (Phi) is 5.21. The summed E-state index contributed by atoms with van der Waals surface area (Å²) in [6.07, 6.45) is 2.95. The highest BCUT2D eigenvalue weighted by atomic mass is 32.2. The van der Waals surface area contributed by atoms with Crippen LogP contribution in [0, 0.1) is 0 Å². The average Bonchev–Trinajstić information content (AvgIpc) is 2.74. The predicted octanol–water partition coefficient (Wildman–Crippen LogP) is 1.19. The first kappa shape index (κ1) is 13.9. The van der Waals surface area contributed by atoms with Gasteiger partial charge in [-0.25, -0.2) is 8.42 Å². The third-order valence-electron chi connectivity index (χ3n) is 3.31. The van der Waals surface area contributed by atoms with Crippen molar-refractivity contribution in [2.75, 3.05) is 19.6 Å². The second kappa shape index (κ2) is 5.98. The molecule has 1 fully saturated rings. The fraction of sp³-hybridized carbons (Fsp3) is 1.00. The van der Waals surface area contributed by atoms with Crippen molar-refractivity contribution < 1.29 is 8.42 Å². The van der Waals surface area contributed by atoms with Crippen molar-refractivity contribution in [1.29, 1.82) is 0 Å². The number of nitrogens with one attached hydrogen (secondary N) is 1. The van der Waals surface area contributed by atoms with Gasteiger partial charge in [-0.05, 0) is 32.7 Å². The Balaban J connectivity index is 2.68. The van der Waals surface area contributed by atoms with E-state index in [9.17, 15) is 8.42 Å². The van der Waals surface area contributed by atoms with Gasteiger partial charge in [0.25, 0.3) is 0 Å². The number of hydrogen-bond donors (Lipinski definition) is 1. The van der Waals surface area contributed by atoms with Crippen LogP contribution < -0.4 is 5.32 Å². The van der Waals surface area contributed by atoms with Gasteiger partial charge in [-0.1, -0.05) is 13.8 Å². The van der Waals surface area contributed by atoms with Crippen LogP contribution in [0.5, 0.6) is 0 Å². The Morgan fingerprint density at radius 1 is 1.44 bits per heavy atom. The topological polar surface area (TPSA) is 49.4 Å². The molecule has 1 N–H and O–H groups in total. The first-order chi connectivity index (χ1) is 7.54. The Morgan fingerprint density at radius 3 is 2.69 bits per heavy atom. The van der Waals surface area contributed by atoms with Crippen LogP contribution >= 0.6 is 0 Å². The lowest BCUT2D eigenvalue weighted by molar-refractivity contribution is 0.373. The molecular weight excluding hydrogens is 224 g/mol. The van der Waals surface area contributed by atoms with Gasteiger partial charge >= 0.3 is 0 Å². The maximum atomic E-state index is 12.3. The summed E-state index contributed by atoms with van der Waals surface area (Å²) in [7, 11) is -3.10. The van der Waals surface area contributed by atoms with E-state index in [1.807, 2.05) is 6.92 Å². The Labute approximate surface area is 99.5 Å². The third-order valence-corrected chi connectivity index (χ3v) is 5.63. The molecule has 0 saturated carbocycles. The van der Waals surface area contributed by atoms with E-state index >= 15 is 0 Å². The van der Waals surface area contributed by atoms with Crippen LogP contribution in [0.25, 0.3) is 0 Å². The van der Waals surface area contributed by atoms with Crippen molar-refractivity contribution in [2.24, 2.45) is 0 Å². The zero-order valence-electron chi connectivity index (χ0n) is 10.6. The summed E-state index contributed by atoms with van der Waals surface area (Å²) >= 11 is 0. The quantitative estimate of drug-likeness (QED) is 0.768. The largest absolute Gasteiger partial charge is 0.316 e. The van der Waals surface area contributed by atoms with Crippen LogP contribution in [0.2, 0.25) is 0 Å². The van der Waals surface area contributed by atoms with Crippen molar-refractivity contribution >= 4 is 10.0 Å². The lowest BCUT2D eigenvalue weighted by Gasteiger charge is -2.26. The summed E-state index contributed by atoms with van der Waals surface area (Å²) in [5.41, 5.74) is 0. The second-order valence-corrected chi connectivity index (χ2v) is 6.78. The molecule has 16 heavy (non-hydrogen) atoms. The van der Waals surface area contributed by atoms with Crippen molar-refractivity contribution in [1.82, 2.24) is 9.62 Å². The number of hydrogen-bond acceptors (Lipinski definition) is 3. The van der Waals surface area contributed by atoms with Crippen LogP contribution in [0.1, 0.15) is 40.0 Å². The van der Waals surface area contributed by atoms with Gasteiger partial charge in [-0.15, -0.1) is 0 Å². The van der Waals surface area contributed by atoms with Gasteiger partial charge in [-0.3, -0.25) is 0 Å². The van der Waals surface area contributed by atoms with Gasteiger partial charge in [0.1, 0.15) is 0 Å². The second-order valence-electron chi connectivity index (χ2n) is 4.48. The third kappa shape index (κ3) is 2.96. The smallest absolute Gasteiger partial charge is 0.218 e. The first-order valence-electron chi connectivity index (χ1n) is 6.25. The Bertz CT molecular complexity index is 303. The van der Waals surface area contributed by atoms with Crippen molar-refractivity contribution in [3.05, 3.63) is 0 Å². The summed E-state index contributed by atoms with van der Waals surface area (Å²) in [4.78, 5) is 0. The molecule has 5 heteroatoms. The summed E-state index contributed by atoms with van der Waals surface area (Å²) in [5, 5.41) is 2.78. The molecule has 0 aromatic heterocycles. The fourth-order valence-corrected chi connectivity index (χ4v) is 4.08. The Morgan fingerprint density at radius 2 is 2.12 bits per heavy atom. The van der Waals surface area contributed by atoms with E-state index < -0.39 is 10.0 Å². The van der Waals surface area contributed by atoms with Crippen LogP contribution in [0.15, 0.2) is 0 Å². The minimum atomic E-state index is -3.10. The molecular formula is C11H24N2O2S. The summed E-state index contributed by atoms with van der Waals surface area (Å²) in [5.74, 6) is 0. The van der Waals surface area contributed by atoms with Crippen LogP contribution in [-0.2, 0) is 10.0 Å². The van der Waals surface area contributed by atoms with Crippen LogP contribution in [-0.4, -0.2) is 43.6 Å². The lowest BCUT2D eigenvalue weighted by atomic mass is 10.2. The molecule has 1 heterocycles. The van der Waals surface area contributed by atoms with Crippen molar-refractivity contribution in [3.8, 4) is 0 Å². The summed E-state index contributed by atoms with van der Waals surface area (Å²) in [6, 6.07) is 0.231. The monoisotopic (exact) mass is 248 g/mol. The SMILES string of the molecule is CCNCC(C)S(=O)(=O)N1CCCC1CC. The molecule has 0 radical (unpaired) electrons. The first-order valence-corrected chi connectivity index (χ1v) is 7.75. The molecule has 0 bridgehead atoms. The van der Waals surface area contributed by atoms with Crippen LogP contribution in [0.4, 0.5) is 0 Å². The molecule has 0 amide bonds. The van der Waals surface area contributed by atoms with E-state index in [0.717, 1.165) is 25.8 Å². The molecule has 4 nitrogen and oxygen atoms in total. The van der Waals surface area contributed by atoms with E-state index in [2.05, 4.69) is 12.2 Å². The molecule has 0 spiro atoms. The standard InChI is InChI=1S/C11H24N2O2S/c1-4-11-7-6-8-13(11)16(14,15)10(3)9-12-5-2/h10-12H,4-9H2,1-3H3. The normalized spacial score (nSPS) is 24.8. The van der Waals surface area contributed by atoms with Gasteiger partial charge in [0.2, 0.25) is 10.0 Å². The van der Waals surface area contributed by atoms with E-state index in [-0.39, 0.29) is 11.3 Å². The zero-order chi connectivity index (χ0) is 12.2. The number of sulfonamides is 1. The van der Waals surface area contributed by atoms with Crippen LogP contribution in [0.3, 0.4) is 0 Å². The summed E-state index contributed by atoms with van der Waals surface area (Å²) < 4.78 is 26.3.